The Hall–Kier alpha value is -1.26. The summed E-state index contributed by atoms with van der Waals surface area (Å²) in [7, 11) is 0. The van der Waals surface area contributed by atoms with Gasteiger partial charge in [0.15, 0.2) is 0 Å². The fourth-order valence-corrected chi connectivity index (χ4v) is 2.43. The van der Waals surface area contributed by atoms with Gasteiger partial charge in [0, 0.05) is 18.0 Å². The highest BCUT2D eigenvalue weighted by atomic mass is 32.1. The fraction of sp³-hybridized carbons (Fsp3) is 0.308. The standard InChI is InChI=1S/C13H15FN2S/c1-10-13(17-9-16-10)5-6-15-8-11-3-2-4-12(14)7-11/h2-4,7,9,15H,5-6,8H2,1H3. The van der Waals surface area contributed by atoms with Crippen LogP contribution in [0.2, 0.25) is 0 Å². The predicted octanol–water partition coefficient (Wildman–Crippen LogP) is 2.92. The number of thiazole rings is 1. The molecule has 0 saturated heterocycles. The van der Waals surface area contributed by atoms with Crippen molar-refractivity contribution in [2.24, 2.45) is 0 Å². The molecule has 0 aliphatic heterocycles. The summed E-state index contributed by atoms with van der Waals surface area (Å²) in [5.41, 5.74) is 3.96. The number of hydrogen-bond acceptors (Lipinski definition) is 3. The summed E-state index contributed by atoms with van der Waals surface area (Å²) in [4.78, 5) is 5.52. The molecular formula is C13H15FN2S. The zero-order chi connectivity index (χ0) is 12.1. The molecule has 0 spiro atoms. The van der Waals surface area contributed by atoms with Crippen molar-refractivity contribution in [1.82, 2.24) is 10.3 Å². The van der Waals surface area contributed by atoms with Crippen LogP contribution in [0.3, 0.4) is 0 Å². The molecule has 1 aromatic carbocycles. The Morgan fingerprint density at radius 2 is 2.29 bits per heavy atom. The number of benzene rings is 1. The van der Waals surface area contributed by atoms with Gasteiger partial charge in [-0.3, -0.25) is 0 Å². The van der Waals surface area contributed by atoms with Gasteiger partial charge in [0.1, 0.15) is 5.82 Å². The van der Waals surface area contributed by atoms with Crippen molar-refractivity contribution < 1.29 is 4.39 Å². The molecule has 4 heteroatoms. The topological polar surface area (TPSA) is 24.9 Å². The molecule has 90 valence electrons. The molecule has 0 amide bonds. The van der Waals surface area contributed by atoms with Gasteiger partial charge in [0.2, 0.25) is 0 Å². The van der Waals surface area contributed by atoms with Crippen molar-refractivity contribution in [3.63, 3.8) is 0 Å². The molecule has 0 atom stereocenters. The molecule has 2 rings (SSSR count). The monoisotopic (exact) mass is 250 g/mol. The van der Waals surface area contributed by atoms with Gasteiger partial charge in [-0.05, 0) is 31.0 Å². The van der Waals surface area contributed by atoms with Crippen molar-refractivity contribution in [2.45, 2.75) is 19.9 Å². The Balaban J connectivity index is 1.75. The van der Waals surface area contributed by atoms with E-state index < -0.39 is 0 Å². The Labute approximate surface area is 105 Å². The van der Waals surface area contributed by atoms with Crippen LogP contribution in [0.5, 0.6) is 0 Å². The zero-order valence-corrected chi connectivity index (χ0v) is 10.6. The predicted molar refractivity (Wildman–Crippen MR) is 68.7 cm³/mol. The average molecular weight is 250 g/mol. The SMILES string of the molecule is Cc1ncsc1CCNCc1cccc(F)c1. The van der Waals surface area contributed by atoms with Crippen molar-refractivity contribution in [3.8, 4) is 0 Å². The highest BCUT2D eigenvalue weighted by molar-refractivity contribution is 7.09. The molecule has 2 aromatic rings. The number of nitrogens with zero attached hydrogens (tertiary/aromatic N) is 1. The van der Waals surface area contributed by atoms with Crippen molar-refractivity contribution >= 4 is 11.3 Å². The van der Waals surface area contributed by atoms with Crippen LogP contribution in [-0.2, 0) is 13.0 Å². The molecule has 0 bridgehead atoms. The van der Waals surface area contributed by atoms with Gasteiger partial charge in [-0.1, -0.05) is 12.1 Å². The first kappa shape index (κ1) is 12.2. The molecule has 1 N–H and O–H groups in total. The lowest BCUT2D eigenvalue weighted by Gasteiger charge is -2.04. The lowest BCUT2D eigenvalue weighted by Crippen LogP contribution is -2.16. The second-order valence-electron chi connectivity index (χ2n) is 3.92. The summed E-state index contributed by atoms with van der Waals surface area (Å²) in [6.45, 7) is 3.62. The smallest absolute Gasteiger partial charge is 0.123 e. The number of nitrogens with one attached hydrogen (secondary N) is 1. The minimum Gasteiger partial charge on any atom is -0.312 e. The first-order valence-corrected chi connectivity index (χ1v) is 6.48. The molecule has 0 fully saturated rings. The van der Waals surface area contributed by atoms with Crippen LogP contribution in [0.15, 0.2) is 29.8 Å². The Morgan fingerprint density at radius 3 is 3.00 bits per heavy atom. The van der Waals surface area contributed by atoms with E-state index in [1.165, 1.54) is 10.9 Å². The second kappa shape index (κ2) is 5.89. The van der Waals surface area contributed by atoms with E-state index in [1.807, 2.05) is 18.5 Å². The quantitative estimate of drug-likeness (QED) is 0.825. The maximum absolute atomic E-state index is 12.9. The Bertz CT molecular complexity index is 482. The molecular weight excluding hydrogens is 235 g/mol. The van der Waals surface area contributed by atoms with Gasteiger partial charge in [-0.25, -0.2) is 9.37 Å². The summed E-state index contributed by atoms with van der Waals surface area (Å²) in [6, 6.07) is 6.68. The third kappa shape index (κ3) is 3.61. The number of hydrogen-bond donors (Lipinski definition) is 1. The molecule has 17 heavy (non-hydrogen) atoms. The molecule has 0 aliphatic rings. The molecule has 0 aliphatic carbocycles. The highest BCUT2D eigenvalue weighted by Crippen LogP contribution is 2.12. The van der Waals surface area contributed by atoms with Gasteiger partial charge < -0.3 is 5.32 Å². The third-order valence-corrected chi connectivity index (χ3v) is 3.59. The normalized spacial score (nSPS) is 10.7. The Kier molecular flexibility index (Phi) is 4.23. The largest absolute Gasteiger partial charge is 0.312 e. The van der Waals surface area contributed by atoms with Crippen LogP contribution in [0.1, 0.15) is 16.1 Å². The molecule has 0 radical (unpaired) electrons. The van der Waals surface area contributed by atoms with Crippen molar-refractivity contribution in [1.29, 1.82) is 0 Å². The summed E-state index contributed by atoms with van der Waals surface area (Å²) >= 11 is 1.69. The van der Waals surface area contributed by atoms with Crippen molar-refractivity contribution in [2.75, 3.05) is 6.54 Å². The lowest BCUT2D eigenvalue weighted by atomic mass is 10.2. The summed E-state index contributed by atoms with van der Waals surface area (Å²) < 4.78 is 12.9. The van der Waals surface area contributed by atoms with Gasteiger partial charge in [-0.2, -0.15) is 0 Å². The van der Waals surface area contributed by atoms with Gasteiger partial charge in [-0.15, -0.1) is 11.3 Å². The van der Waals surface area contributed by atoms with E-state index in [0.717, 1.165) is 24.2 Å². The van der Waals surface area contributed by atoms with Crippen molar-refractivity contribution in [3.05, 3.63) is 51.7 Å². The van der Waals surface area contributed by atoms with E-state index in [0.29, 0.717) is 6.54 Å². The first-order chi connectivity index (χ1) is 8.25. The summed E-state index contributed by atoms with van der Waals surface area (Å²) in [5.74, 6) is -0.178. The molecule has 0 unspecified atom stereocenters. The van der Waals surface area contributed by atoms with E-state index in [9.17, 15) is 4.39 Å². The zero-order valence-electron chi connectivity index (χ0n) is 9.74. The minimum absolute atomic E-state index is 0.178. The number of halogens is 1. The van der Waals surface area contributed by atoms with E-state index >= 15 is 0 Å². The van der Waals surface area contributed by atoms with Crippen LogP contribution in [-0.4, -0.2) is 11.5 Å². The van der Waals surface area contributed by atoms with Crippen LogP contribution < -0.4 is 5.32 Å². The highest BCUT2D eigenvalue weighted by Gasteiger charge is 2.00. The fourth-order valence-electron chi connectivity index (χ4n) is 1.65. The minimum atomic E-state index is -0.178. The van der Waals surface area contributed by atoms with E-state index in [4.69, 9.17) is 0 Å². The summed E-state index contributed by atoms with van der Waals surface area (Å²) in [5, 5.41) is 3.31. The molecule has 1 aromatic heterocycles. The first-order valence-electron chi connectivity index (χ1n) is 5.60. The van der Waals surface area contributed by atoms with Crippen LogP contribution >= 0.6 is 11.3 Å². The van der Waals surface area contributed by atoms with E-state index in [-0.39, 0.29) is 5.82 Å². The van der Waals surface area contributed by atoms with Crippen LogP contribution in [0.25, 0.3) is 0 Å². The van der Waals surface area contributed by atoms with Gasteiger partial charge in [0.05, 0.1) is 11.2 Å². The van der Waals surface area contributed by atoms with Crippen LogP contribution in [0, 0.1) is 12.7 Å². The molecule has 0 saturated carbocycles. The van der Waals surface area contributed by atoms with E-state index in [1.54, 1.807) is 23.5 Å². The molecule has 1 heterocycles. The maximum Gasteiger partial charge on any atom is 0.123 e. The second-order valence-corrected chi connectivity index (χ2v) is 4.86. The number of rotatable bonds is 5. The third-order valence-electron chi connectivity index (χ3n) is 2.59. The van der Waals surface area contributed by atoms with Gasteiger partial charge >= 0.3 is 0 Å². The average Bonchev–Trinajstić information content (AvgIpc) is 2.71. The van der Waals surface area contributed by atoms with Gasteiger partial charge in [0.25, 0.3) is 0 Å². The lowest BCUT2D eigenvalue weighted by molar-refractivity contribution is 0.620. The van der Waals surface area contributed by atoms with Crippen LogP contribution in [0.4, 0.5) is 4.39 Å². The Morgan fingerprint density at radius 1 is 1.41 bits per heavy atom. The maximum atomic E-state index is 12.9. The van der Waals surface area contributed by atoms with E-state index in [2.05, 4.69) is 10.3 Å². The molecule has 2 nitrogen and oxygen atoms in total. The number of aromatic nitrogens is 1. The summed E-state index contributed by atoms with van der Waals surface area (Å²) in [6.07, 6.45) is 0.978. The number of aryl methyl sites for hydroxylation is 1.